The Balaban J connectivity index is 0.700. The molecule has 70 heteroatoms. The Hall–Kier alpha value is -7.54. The number of nitrogens with two attached hydrogens (primary N) is 2. The first-order valence-corrected chi connectivity index (χ1v) is 50.9. The number of aromatic nitrogens is 14. The number of aliphatic hydroxyl groups excluding tert-OH is 2. The monoisotopic (exact) mass is 2090 g/mol. The number of ether oxygens (including phenoxy) is 12. The first-order chi connectivity index (χ1) is 64.3. The third kappa shape index (κ3) is 23.4. The number of aromatic amines is 5. The maximum Gasteiger partial charge on any atom is 0.351 e. The minimum Gasteiger partial charge on any atom is -0.780 e. The van der Waals surface area contributed by atoms with Crippen LogP contribution in [-0.2, 0) is 158 Å². The Kier molecular flexibility index (Phi) is 32.8. The molecule has 62 nitrogen and oxygen atoms in total. The predicted octanol–water partition coefficient (Wildman–Crippen LogP) is -8.35. The van der Waals surface area contributed by atoms with E-state index in [4.69, 9.17) is 147 Å². The van der Waals surface area contributed by atoms with Crippen molar-refractivity contribution in [1.82, 2.24) is 67.3 Å². The number of phosphoric ester groups is 4. The van der Waals surface area contributed by atoms with E-state index in [-0.39, 0.29) is 30.6 Å². The number of hydrogen-bond acceptors (Lipinski definition) is 53. The topological polar surface area (TPSA) is 833 Å². The molecule has 11 N–H and O–H groups in total. The van der Waals surface area contributed by atoms with Gasteiger partial charge in [-0.2, -0.15) is 9.97 Å². The summed E-state index contributed by atoms with van der Waals surface area (Å²) in [7, 11) is -19.3. The van der Waals surface area contributed by atoms with E-state index in [0.717, 1.165) is 117 Å². The van der Waals surface area contributed by atoms with Crippen molar-refractivity contribution in [3.05, 3.63) is 172 Å². The van der Waals surface area contributed by atoms with Crippen molar-refractivity contribution < 1.29 is 169 Å². The number of nitrogens with one attached hydrogen (secondary N) is 5. The van der Waals surface area contributed by atoms with Crippen LogP contribution in [0.4, 0.5) is 11.8 Å². The van der Waals surface area contributed by atoms with Crippen molar-refractivity contribution in [1.29, 1.82) is 0 Å². The van der Waals surface area contributed by atoms with Gasteiger partial charge in [0, 0.05) is 104 Å². The third-order valence-electron chi connectivity index (χ3n) is 21.9. The molecule has 14 heterocycles. The van der Waals surface area contributed by atoms with E-state index in [9.17, 15) is 105 Å². The lowest BCUT2D eigenvalue weighted by Crippen LogP contribution is -2.42. The number of nitrogen functional groups attached to an aromatic ring is 2. The van der Waals surface area contributed by atoms with Crippen LogP contribution in [0.15, 0.2) is 116 Å². The summed E-state index contributed by atoms with van der Waals surface area (Å²) < 4.78 is 212. The van der Waals surface area contributed by atoms with Gasteiger partial charge in [-0.05, 0) is 12.5 Å². The SMILES string of the molecule is CC[C@H]1O[C@@H](n2ccc(=O)[nH]c2=O)[C@@H](OC)C1OP(=O)([O-])OC[C@H]1O[C@@H](n2cnc3c(=O)[nH]c(N)nc32)[C@@H](OC)C1OP(=O)([O-])OC[C@H]1O[C@@H](n2ccc(N)nc2=O)[C@@H](O)C1OP(=O)([O-])OC[C@H]1O[C@@H](n2ccc(=O)[nH]c2=O)[C@@H](OC)C1OP(=O)([O-])OC[C@H]1O[C@@H](n2ccc(=O)[nH]c2=O)[C@@H](OC)C1OP([O-])(=S)OC[C@H]1O[C@@H](n2ccc(=O)[nH]c2=O)[C@@H](OC)C1OP(=O)([S-])O[C@H]1CCO[C@H]1CO. The van der Waals surface area contributed by atoms with Gasteiger partial charge in [-0.15, -0.1) is 0 Å². The quantitative estimate of drug-likeness (QED) is 0.0127. The van der Waals surface area contributed by atoms with E-state index in [0.29, 0.717) is 13.7 Å². The summed E-state index contributed by atoms with van der Waals surface area (Å²) in [5.74, 6) is -0.868. The van der Waals surface area contributed by atoms with Crippen molar-refractivity contribution in [2.45, 2.75) is 179 Å². The molecule has 7 aliphatic rings. The van der Waals surface area contributed by atoms with Gasteiger partial charge in [0.25, 0.3) is 59.1 Å². The van der Waals surface area contributed by atoms with E-state index in [2.05, 4.69) is 19.9 Å². The molecule has 136 heavy (non-hydrogen) atoms. The number of anilines is 2. The highest BCUT2D eigenvalue weighted by Crippen LogP contribution is 2.57. The number of hydrogen-bond donors (Lipinski definition) is 9. The van der Waals surface area contributed by atoms with E-state index in [1.165, 1.54) is 0 Å². The molecule has 0 bridgehead atoms. The van der Waals surface area contributed by atoms with Gasteiger partial charge in [0.2, 0.25) is 12.7 Å². The van der Waals surface area contributed by atoms with Crippen LogP contribution in [0.2, 0.25) is 0 Å². The van der Waals surface area contributed by atoms with Gasteiger partial charge >= 0.3 is 28.4 Å². The molecule has 7 fully saturated rings. The molecule has 0 spiro atoms. The lowest BCUT2D eigenvalue weighted by atomic mass is 10.1. The van der Waals surface area contributed by atoms with Crippen LogP contribution in [0.25, 0.3) is 11.2 Å². The lowest BCUT2D eigenvalue weighted by Gasteiger charge is -2.36. The Morgan fingerprint density at radius 1 is 0.449 bits per heavy atom. The van der Waals surface area contributed by atoms with Crippen LogP contribution < -0.4 is 92.2 Å². The van der Waals surface area contributed by atoms with Crippen molar-refractivity contribution >= 4 is 91.8 Å². The Labute approximate surface area is 768 Å². The zero-order valence-corrected chi connectivity index (χ0v) is 77.8. The highest BCUT2D eigenvalue weighted by atomic mass is 32.7. The van der Waals surface area contributed by atoms with Crippen molar-refractivity contribution in [3.63, 3.8) is 0 Å². The van der Waals surface area contributed by atoms with Gasteiger partial charge < -0.3 is 170 Å². The van der Waals surface area contributed by atoms with Gasteiger partial charge in [-0.3, -0.25) is 99.1 Å². The smallest absolute Gasteiger partial charge is 0.351 e. The molecule has 7 saturated heterocycles. The van der Waals surface area contributed by atoms with Crippen molar-refractivity contribution in [2.75, 3.05) is 93.3 Å². The summed E-state index contributed by atoms with van der Waals surface area (Å²) in [6.45, 7) is -15.7. The molecule has 0 aromatic carbocycles. The highest BCUT2D eigenvalue weighted by molar-refractivity contribution is 8.32. The molecule has 0 saturated carbocycles. The normalized spacial score (nSPS) is 32.9. The summed E-state index contributed by atoms with van der Waals surface area (Å²) in [6.07, 6.45) is -41.8. The highest BCUT2D eigenvalue weighted by Gasteiger charge is 2.57. The predicted molar refractivity (Wildman–Crippen MR) is 440 cm³/mol. The number of phosphoric acid groups is 4. The lowest BCUT2D eigenvalue weighted by molar-refractivity contribution is -0.241. The number of aliphatic hydroxyl groups is 2. The largest absolute Gasteiger partial charge is 0.780 e. The summed E-state index contributed by atoms with van der Waals surface area (Å²) in [4.78, 5) is 223. The van der Waals surface area contributed by atoms with E-state index >= 15 is 0 Å². The van der Waals surface area contributed by atoms with Gasteiger partial charge in [0.1, 0.15) is 122 Å². The van der Waals surface area contributed by atoms with Crippen LogP contribution in [-0.4, -0.2) is 281 Å². The summed E-state index contributed by atoms with van der Waals surface area (Å²) >= 11 is 10.6. The van der Waals surface area contributed by atoms with Gasteiger partial charge in [-0.25, -0.2) is 29.0 Å². The molecular formula is C66H84N16O46P6S2-6. The first kappa shape index (κ1) is 104. The second-order valence-corrected chi connectivity index (χ2v) is 41.1. The second kappa shape index (κ2) is 42.7. The van der Waals surface area contributed by atoms with Crippen LogP contribution in [0.5, 0.6) is 0 Å². The number of nitrogens with zero attached hydrogens (tertiary/aromatic N) is 9. The second-order valence-electron chi connectivity index (χ2n) is 30.3. The van der Waals surface area contributed by atoms with Gasteiger partial charge in [0.05, 0.1) is 58.2 Å². The van der Waals surface area contributed by atoms with Gasteiger partial charge in [0.15, 0.2) is 48.5 Å². The molecule has 32 atom stereocenters. The molecule has 7 aromatic heterocycles. The molecule has 7 aromatic rings. The molecule has 0 aliphatic carbocycles. The zero-order valence-electron chi connectivity index (χ0n) is 70.8. The fourth-order valence-corrected chi connectivity index (χ4v) is 22.9. The number of imidazole rings is 1. The zero-order chi connectivity index (χ0) is 98.3. The molecule has 12 unspecified atom stereocenters. The van der Waals surface area contributed by atoms with Crippen molar-refractivity contribution in [2.24, 2.45) is 0 Å². The van der Waals surface area contributed by atoms with E-state index in [1.54, 1.807) is 6.92 Å². The fraction of sp³-hybridized carbons (Fsp3) is 0.621. The maximum absolute atomic E-state index is 14.8. The van der Waals surface area contributed by atoms with Crippen molar-refractivity contribution in [3.8, 4) is 0 Å². The maximum atomic E-state index is 14.8. The third-order valence-corrected chi connectivity index (χ3v) is 28.9. The van der Waals surface area contributed by atoms with E-state index in [1.807, 2.05) is 19.9 Å². The van der Waals surface area contributed by atoms with Crippen LogP contribution in [0.1, 0.15) is 57.1 Å². The standard InChI is InChI=1S/C66H90N16O46P6S2/c1-7-27-43(48(105-2)56(116-27)78-15-9-36(84)71-63(78)91)124-130(97,98)113-23-32-45(50(107-4)60(121-32)82-26-69-40-53(82)75-61(68)76-54(40)89)126-131(99,100)111-21-30-42(41(88)55(117-30)77-14-8-35(67)70-62(77)90)123-129(95,96)112-22-31-44(49(106-3)57(118-31)79-16-10-37(85)72-64(79)92)125-132(101,102)114-24-33-46(51(108-5)58(119-33)80-17-11-38(86)73-65(80)93)127-133(103,135)115-25-34-47(128-134(104,136)122-28-13-19-110-29(28)20-83)52(109-6)59(120-34)81-18-12-39(87)74-66(81)94/h8-12,14-18,26-34,41-52,55-60,83,88H,7,13,19-25H2,1-6H3,(H,95,96)(H,97,98)(H,99,100)(H,101,102)(H,103,135)(H,104,136)(H2,67,70,90)(H,71,84,91)(H,72,85,92)(H,73,86,93)(H,74,87,94)(H3,68,75,76,89)/p-6/t27-,28+,29+,30-,31-,32-,33-,34-,41+,42?,43?,44?,45?,46?,47?,48+,49+,50+,51+,52+,55-,56-,57-,58-,59-,60-,133?,134?/m1/s1. The molecule has 7 aliphatic heterocycles. The minimum absolute atomic E-state index is 0.0107. The van der Waals surface area contributed by atoms with E-state index < -0.39 is 312 Å². The number of H-pyrrole nitrogens is 5. The fourth-order valence-electron chi connectivity index (χ4n) is 15.9. The molecule has 0 radical (unpaired) electrons. The summed E-state index contributed by atoms with van der Waals surface area (Å²) in [5.41, 5.74) is 0.670. The first-order valence-electron chi connectivity index (χ1n) is 40.0. The van der Waals surface area contributed by atoms with Gasteiger partial charge in [-0.1, -0.05) is 18.7 Å². The number of rotatable bonds is 42. The molecular weight excluding hydrogens is 2000 g/mol. The Bertz CT molecular complexity index is 6440. The average molecular weight is 2090 g/mol. The minimum atomic E-state index is -6.31. The molecule has 752 valence electrons. The number of methoxy groups -OCH3 is 5. The Morgan fingerprint density at radius 2 is 0.794 bits per heavy atom. The summed E-state index contributed by atoms with van der Waals surface area (Å²) in [5, 5.41) is 21.9. The summed E-state index contributed by atoms with van der Waals surface area (Å²) in [6, 6.07) is 4.53. The van der Waals surface area contributed by atoms with Crippen LogP contribution in [0, 0.1) is 0 Å². The molecule has 0 amide bonds. The Morgan fingerprint density at radius 3 is 1.18 bits per heavy atom. The van der Waals surface area contributed by atoms with Crippen LogP contribution >= 0.6 is 44.8 Å². The number of fused-ring (bicyclic) bond motifs is 1. The van der Waals surface area contributed by atoms with Crippen LogP contribution in [0.3, 0.4) is 0 Å². The average Bonchev–Trinajstić information content (AvgIpc) is 1.59. The molecule has 14 rings (SSSR count).